The predicted octanol–water partition coefficient (Wildman–Crippen LogP) is 3.35. The third-order valence-electron chi connectivity index (χ3n) is 4.05. The van der Waals surface area contributed by atoms with E-state index in [0.717, 1.165) is 18.4 Å². The lowest BCUT2D eigenvalue weighted by Crippen LogP contribution is -2.31. The fourth-order valence-corrected chi connectivity index (χ4v) is 2.82. The van der Waals surface area contributed by atoms with E-state index in [9.17, 15) is 10.1 Å². The Morgan fingerprint density at radius 2 is 1.86 bits per heavy atom. The van der Waals surface area contributed by atoms with Crippen molar-refractivity contribution < 1.29 is 9.53 Å². The number of nitrogens with zero attached hydrogens (tertiary/aromatic N) is 1. The van der Waals surface area contributed by atoms with E-state index in [4.69, 9.17) is 0 Å². The molecule has 1 atom stereocenters. The van der Waals surface area contributed by atoms with Gasteiger partial charge in [0.15, 0.2) is 0 Å². The molecule has 21 heavy (non-hydrogen) atoms. The van der Waals surface area contributed by atoms with Gasteiger partial charge >= 0.3 is 5.97 Å². The molecular weight excluding hydrogens is 264 g/mol. The second kappa shape index (κ2) is 7.80. The van der Waals surface area contributed by atoms with Gasteiger partial charge in [-0.05, 0) is 30.5 Å². The third-order valence-corrected chi connectivity index (χ3v) is 4.05. The molecule has 0 bridgehead atoms. The lowest BCUT2D eigenvalue weighted by atomic mass is 10.0. The molecule has 4 nitrogen and oxygen atoms in total. The smallest absolute Gasteiger partial charge is 0.337 e. The van der Waals surface area contributed by atoms with Crippen LogP contribution in [0.1, 0.15) is 60.5 Å². The number of carbonyl (C=O) groups excluding carboxylic acids is 1. The van der Waals surface area contributed by atoms with Gasteiger partial charge in [0, 0.05) is 6.04 Å². The van der Waals surface area contributed by atoms with Crippen molar-refractivity contribution >= 4 is 5.97 Å². The van der Waals surface area contributed by atoms with Gasteiger partial charge in [-0.15, -0.1) is 0 Å². The molecule has 1 N–H and O–H groups in total. The lowest BCUT2D eigenvalue weighted by molar-refractivity contribution is 0.0600. The fraction of sp³-hybridized carbons (Fsp3) is 0.529. The van der Waals surface area contributed by atoms with Crippen molar-refractivity contribution in [2.75, 3.05) is 7.11 Å². The van der Waals surface area contributed by atoms with Crippen LogP contribution < -0.4 is 5.32 Å². The standard InChI is InChI=1S/C17H22N2O2/c1-21-17(20)14-10-8-13(9-11-14)16(12-18)19-15-6-4-2-3-5-7-15/h8-11,15-16,19H,2-7H2,1H3. The van der Waals surface area contributed by atoms with Crippen LogP contribution in [0.25, 0.3) is 0 Å². The minimum Gasteiger partial charge on any atom is -0.465 e. The lowest BCUT2D eigenvalue weighted by Gasteiger charge is -2.20. The molecule has 0 saturated heterocycles. The first-order valence-electron chi connectivity index (χ1n) is 7.58. The Kier molecular flexibility index (Phi) is 5.77. The van der Waals surface area contributed by atoms with Crippen LogP contribution in [0.5, 0.6) is 0 Å². The molecule has 0 aromatic heterocycles. The van der Waals surface area contributed by atoms with Crippen LogP contribution in [-0.2, 0) is 4.74 Å². The van der Waals surface area contributed by atoms with Crippen molar-refractivity contribution in [1.82, 2.24) is 5.32 Å². The topological polar surface area (TPSA) is 62.1 Å². The molecule has 1 aromatic carbocycles. The van der Waals surface area contributed by atoms with Crippen molar-refractivity contribution in [1.29, 1.82) is 5.26 Å². The Balaban J connectivity index is 2.03. The monoisotopic (exact) mass is 286 g/mol. The summed E-state index contributed by atoms with van der Waals surface area (Å²) in [5.74, 6) is -0.355. The Morgan fingerprint density at radius 1 is 1.24 bits per heavy atom. The first-order chi connectivity index (χ1) is 10.2. The summed E-state index contributed by atoms with van der Waals surface area (Å²) >= 11 is 0. The fourth-order valence-electron chi connectivity index (χ4n) is 2.82. The highest BCUT2D eigenvalue weighted by molar-refractivity contribution is 5.89. The summed E-state index contributed by atoms with van der Waals surface area (Å²) in [6, 6.07) is 9.48. The van der Waals surface area contributed by atoms with Gasteiger partial charge in [0.1, 0.15) is 6.04 Å². The molecule has 0 amide bonds. The largest absolute Gasteiger partial charge is 0.465 e. The molecule has 1 fully saturated rings. The van der Waals surface area contributed by atoms with Gasteiger partial charge in [-0.1, -0.05) is 37.8 Å². The van der Waals surface area contributed by atoms with Crippen molar-refractivity contribution in [2.45, 2.75) is 50.6 Å². The average molecular weight is 286 g/mol. The number of nitriles is 1. The van der Waals surface area contributed by atoms with Gasteiger partial charge in [-0.2, -0.15) is 5.26 Å². The Hall–Kier alpha value is -1.86. The number of carbonyl (C=O) groups is 1. The summed E-state index contributed by atoms with van der Waals surface area (Å²) in [5, 5.41) is 12.8. The number of hydrogen-bond acceptors (Lipinski definition) is 4. The second-order valence-electron chi connectivity index (χ2n) is 5.53. The first kappa shape index (κ1) is 15.5. The number of nitrogens with one attached hydrogen (secondary N) is 1. The first-order valence-corrected chi connectivity index (χ1v) is 7.58. The van der Waals surface area contributed by atoms with Crippen molar-refractivity contribution in [3.63, 3.8) is 0 Å². The zero-order valence-corrected chi connectivity index (χ0v) is 12.5. The summed E-state index contributed by atoms with van der Waals surface area (Å²) in [6.45, 7) is 0. The van der Waals surface area contributed by atoms with E-state index in [1.54, 1.807) is 12.1 Å². The van der Waals surface area contributed by atoms with Crippen LogP contribution in [0.3, 0.4) is 0 Å². The second-order valence-corrected chi connectivity index (χ2v) is 5.53. The maximum Gasteiger partial charge on any atom is 0.337 e. The summed E-state index contributed by atoms with van der Waals surface area (Å²) < 4.78 is 4.68. The Morgan fingerprint density at radius 3 is 2.38 bits per heavy atom. The van der Waals surface area contributed by atoms with E-state index in [1.807, 2.05) is 12.1 Å². The molecule has 1 aromatic rings. The van der Waals surface area contributed by atoms with E-state index < -0.39 is 0 Å². The molecule has 1 aliphatic carbocycles. The average Bonchev–Trinajstić information content (AvgIpc) is 2.80. The number of methoxy groups -OCH3 is 1. The zero-order valence-electron chi connectivity index (χ0n) is 12.5. The SMILES string of the molecule is COC(=O)c1ccc(C(C#N)NC2CCCCCC2)cc1. The highest BCUT2D eigenvalue weighted by atomic mass is 16.5. The maximum atomic E-state index is 11.4. The summed E-state index contributed by atoms with van der Waals surface area (Å²) in [7, 11) is 1.36. The normalized spacial score (nSPS) is 17.5. The van der Waals surface area contributed by atoms with Crippen molar-refractivity contribution in [3.05, 3.63) is 35.4 Å². The number of benzene rings is 1. The van der Waals surface area contributed by atoms with Gasteiger partial charge < -0.3 is 4.74 Å². The van der Waals surface area contributed by atoms with Crippen LogP contribution in [0.15, 0.2) is 24.3 Å². The molecule has 1 unspecified atom stereocenters. The number of ether oxygens (including phenoxy) is 1. The highest BCUT2D eigenvalue weighted by Crippen LogP contribution is 2.21. The predicted molar refractivity (Wildman–Crippen MR) is 80.8 cm³/mol. The van der Waals surface area contributed by atoms with Crippen LogP contribution >= 0.6 is 0 Å². The van der Waals surface area contributed by atoms with E-state index in [-0.39, 0.29) is 12.0 Å². The van der Waals surface area contributed by atoms with Gasteiger partial charge in [-0.3, -0.25) is 5.32 Å². The molecule has 1 saturated carbocycles. The molecule has 112 valence electrons. The van der Waals surface area contributed by atoms with Crippen LogP contribution in [0.4, 0.5) is 0 Å². The number of hydrogen-bond donors (Lipinski definition) is 1. The maximum absolute atomic E-state index is 11.4. The molecular formula is C17H22N2O2. The number of esters is 1. The number of rotatable bonds is 4. The van der Waals surface area contributed by atoms with Gasteiger partial charge in [0.2, 0.25) is 0 Å². The van der Waals surface area contributed by atoms with Crippen LogP contribution in [0.2, 0.25) is 0 Å². The molecule has 0 spiro atoms. The minimum absolute atomic E-state index is 0.320. The highest BCUT2D eigenvalue weighted by Gasteiger charge is 2.18. The Bertz CT molecular complexity index is 497. The summed E-state index contributed by atoms with van der Waals surface area (Å²) in [5.41, 5.74) is 1.40. The van der Waals surface area contributed by atoms with Gasteiger partial charge in [-0.25, -0.2) is 4.79 Å². The van der Waals surface area contributed by atoms with E-state index in [1.165, 1.54) is 32.8 Å². The molecule has 0 heterocycles. The summed E-state index contributed by atoms with van der Waals surface area (Å²) in [4.78, 5) is 11.4. The van der Waals surface area contributed by atoms with Crippen molar-refractivity contribution in [2.24, 2.45) is 0 Å². The van der Waals surface area contributed by atoms with E-state index >= 15 is 0 Å². The molecule has 0 radical (unpaired) electrons. The van der Waals surface area contributed by atoms with Crippen LogP contribution in [0, 0.1) is 11.3 Å². The molecule has 0 aliphatic heterocycles. The van der Waals surface area contributed by atoms with E-state index in [2.05, 4.69) is 16.1 Å². The van der Waals surface area contributed by atoms with Gasteiger partial charge in [0.25, 0.3) is 0 Å². The quantitative estimate of drug-likeness (QED) is 0.681. The molecule has 1 aliphatic rings. The Labute approximate surface area is 126 Å². The van der Waals surface area contributed by atoms with Gasteiger partial charge in [0.05, 0.1) is 18.7 Å². The minimum atomic E-state index is -0.355. The summed E-state index contributed by atoms with van der Waals surface area (Å²) in [6.07, 6.45) is 7.33. The zero-order chi connectivity index (χ0) is 15.1. The third kappa shape index (κ3) is 4.30. The molecule has 2 rings (SSSR count). The molecule has 4 heteroatoms. The van der Waals surface area contributed by atoms with E-state index in [0.29, 0.717) is 11.6 Å². The van der Waals surface area contributed by atoms with Crippen LogP contribution in [-0.4, -0.2) is 19.1 Å². The van der Waals surface area contributed by atoms with Crippen molar-refractivity contribution in [3.8, 4) is 6.07 Å².